The zero-order chi connectivity index (χ0) is 17.8. The van der Waals surface area contributed by atoms with Crippen LogP contribution in [0.3, 0.4) is 0 Å². The van der Waals surface area contributed by atoms with Crippen LogP contribution in [0.5, 0.6) is 0 Å². The number of piperidine rings is 1. The molecule has 0 aliphatic carbocycles. The van der Waals surface area contributed by atoms with Gasteiger partial charge in [0.2, 0.25) is 17.6 Å². The topological polar surface area (TPSA) is 59.2 Å². The van der Waals surface area contributed by atoms with Gasteiger partial charge in [0, 0.05) is 25.1 Å². The van der Waals surface area contributed by atoms with Crippen molar-refractivity contribution in [3.8, 4) is 11.4 Å². The molecule has 1 atom stereocenters. The summed E-state index contributed by atoms with van der Waals surface area (Å²) in [5.74, 6) is 1.52. The molecule has 2 aromatic rings. The molecule has 5 nitrogen and oxygen atoms in total. The van der Waals surface area contributed by atoms with E-state index in [1.165, 1.54) is 12.1 Å². The highest BCUT2D eigenvalue weighted by atomic mass is 19.1. The lowest BCUT2D eigenvalue weighted by Gasteiger charge is -2.31. The number of hydrogen-bond acceptors (Lipinski definition) is 4. The summed E-state index contributed by atoms with van der Waals surface area (Å²) in [4.78, 5) is 18.7. The minimum Gasteiger partial charge on any atom is -0.342 e. The van der Waals surface area contributed by atoms with E-state index in [4.69, 9.17) is 4.52 Å². The monoisotopic (exact) mass is 345 g/mol. The van der Waals surface area contributed by atoms with Crippen LogP contribution in [0.15, 0.2) is 28.8 Å². The van der Waals surface area contributed by atoms with E-state index in [1.807, 2.05) is 4.90 Å². The molecule has 1 aromatic heterocycles. The van der Waals surface area contributed by atoms with Crippen molar-refractivity contribution in [3.63, 3.8) is 0 Å². The van der Waals surface area contributed by atoms with Crippen molar-refractivity contribution in [2.24, 2.45) is 5.92 Å². The zero-order valence-electron chi connectivity index (χ0n) is 14.7. The molecule has 1 aromatic carbocycles. The van der Waals surface area contributed by atoms with Gasteiger partial charge >= 0.3 is 0 Å². The van der Waals surface area contributed by atoms with Crippen LogP contribution < -0.4 is 0 Å². The fourth-order valence-corrected chi connectivity index (χ4v) is 3.09. The number of carbonyl (C=O) groups is 1. The number of halogens is 1. The molecule has 0 saturated carbocycles. The van der Waals surface area contributed by atoms with Gasteiger partial charge in [0.15, 0.2) is 0 Å². The molecular formula is C19H24FN3O2. The second kappa shape index (κ2) is 7.76. The fourth-order valence-electron chi connectivity index (χ4n) is 3.09. The molecule has 0 radical (unpaired) electrons. The summed E-state index contributed by atoms with van der Waals surface area (Å²) >= 11 is 0. The minimum absolute atomic E-state index is 0.0680. The van der Waals surface area contributed by atoms with Crippen LogP contribution in [0, 0.1) is 11.7 Å². The Morgan fingerprint density at radius 2 is 2.12 bits per heavy atom. The second-order valence-electron chi connectivity index (χ2n) is 7.07. The Morgan fingerprint density at radius 1 is 1.36 bits per heavy atom. The van der Waals surface area contributed by atoms with Crippen LogP contribution in [0.25, 0.3) is 11.4 Å². The van der Waals surface area contributed by atoms with E-state index in [-0.39, 0.29) is 17.6 Å². The smallest absolute Gasteiger partial charge is 0.231 e. The number of benzene rings is 1. The molecule has 1 aliphatic rings. The van der Waals surface area contributed by atoms with Gasteiger partial charge in [-0.1, -0.05) is 19.0 Å². The molecule has 0 N–H and O–H groups in total. The lowest BCUT2D eigenvalue weighted by Crippen LogP contribution is -2.39. The highest BCUT2D eigenvalue weighted by Crippen LogP contribution is 2.28. The van der Waals surface area contributed by atoms with Crippen molar-refractivity contribution in [1.29, 1.82) is 0 Å². The van der Waals surface area contributed by atoms with Gasteiger partial charge in [0.05, 0.1) is 5.92 Å². The Balaban J connectivity index is 1.65. The molecule has 2 heterocycles. The van der Waals surface area contributed by atoms with E-state index in [0.717, 1.165) is 31.4 Å². The summed E-state index contributed by atoms with van der Waals surface area (Å²) in [7, 11) is 0. The van der Waals surface area contributed by atoms with Gasteiger partial charge in [-0.3, -0.25) is 4.79 Å². The van der Waals surface area contributed by atoms with Gasteiger partial charge in [-0.15, -0.1) is 0 Å². The molecule has 1 saturated heterocycles. The SMILES string of the molecule is CC(C)CCC(=O)N1CCCC(c2nc(-c3ccc(F)cc3)no2)C1. The first-order valence-corrected chi connectivity index (χ1v) is 8.90. The third kappa shape index (κ3) is 4.44. The molecule has 3 rings (SSSR count). The van der Waals surface area contributed by atoms with Gasteiger partial charge < -0.3 is 9.42 Å². The largest absolute Gasteiger partial charge is 0.342 e. The van der Waals surface area contributed by atoms with E-state index in [2.05, 4.69) is 24.0 Å². The normalized spacial score (nSPS) is 17.9. The lowest BCUT2D eigenvalue weighted by molar-refractivity contribution is -0.132. The molecule has 1 aliphatic heterocycles. The summed E-state index contributed by atoms with van der Waals surface area (Å²) in [6.45, 7) is 5.68. The van der Waals surface area contributed by atoms with Crippen LogP contribution in [0.4, 0.5) is 4.39 Å². The Morgan fingerprint density at radius 3 is 2.84 bits per heavy atom. The van der Waals surface area contributed by atoms with E-state index < -0.39 is 0 Å². The molecular weight excluding hydrogens is 321 g/mol. The van der Waals surface area contributed by atoms with Gasteiger partial charge in [0.1, 0.15) is 5.82 Å². The molecule has 1 fully saturated rings. The van der Waals surface area contributed by atoms with Crippen LogP contribution >= 0.6 is 0 Å². The Bertz CT molecular complexity index is 712. The minimum atomic E-state index is -0.296. The summed E-state index contributed by atoms with van der Waals surface area (Å²) in [6.07, 6.45) is 3.37. The number of likely N-dealkylation sites (tertiary alicyclic amines) is 1. The van der Waals surface area contributed by atoms with E-state index in [0.29, 0.717) is 30.6 Å². The number of carbonyl (C=O) groups excluding carboxylic acids is 1. The highest BCUT2D eigenvalue weighted by Gasteiger charge is 2.28. The lowest BCUT2D eigenvalue weighted by atomic mass is 9.97. The van der Waals surface area contributed by atoms with Crippen molar-refractivity contribution in [2.75, 3.05) is 13.1 Å². The summed E-state index contributed by atoms with van der Waals surface area (Å²) in [6, 6.07) is 6.02. The van der Waals surface area contributed by atoms with Crippen molar-refractivity contribution in [3.05, 3.63) is 36.0 Å². The maximum Gasteiger partial charge on any atom is 0.231 e. The molecule has 25 heavy (non-hydrogen) atoms. The Labute approximate surface area is 147 Å². The third-order valence-corrected chi connectivity index (χ3v) is 4.60. The number of rotatable bonds is 5. The molecule has 6 heteroatoms. The molecule has 0 bridgehead atoms. The Hall–Kier alpha value is -2.24. The van der Waals surface area contributed by atoms with Crippen LogP contribution in [0.1, 0.15) is 51.3 Å². The van der Waals surface area contributed by atoms with Crippen LogP contribution in [0.2, 0.25) is 0 Å². The second-order valence-corrected chi connectivity index (χ2v) is 7.07. The predicted molar refractivity (Wildman–Crippen MR) is 92.3 cm³/mol. The Kier molecular flexibility index (Phi) is 5.46. The molecule has 134 valence electrons. The average Bonchev–Trinajstić information content (AvgIpc) is 3.10. The first-order chi connectivity index (χ1) is 12.0. The molecule has 1 unspecified atom stereocenters. The van der Waals surface area contributed by atoms with E-state index >= 15 is 0 Å². The van der Waals surface area contributed by atoms with Gasteiger partial charge in [-0.2, -0.15) is 4.98 Å². The highest BCUT2D eigenvalue weighted by molar-refractivity contribution is 5.76. The zero-order valence-corrected chi connectivity index (χ0v) is 14.7. The first-order valence-electron chi connectivity index (χ1n) is 8.90. The number of nitrogens with zero attached hydrogens (tertiary/aromatic N) is 3. The number of hydrogen-bond donors (Lipinski definition) is 0. The third-order valence-electron chi connectivity index (χ3n) is 4.60. The van der Waals surface area contributed by atoms with Gasteiger partial charge in [-0.05, 0) is 49.4 Å². The molecule has 0 spiro atoms. The van der Waals surface area contributed by atoms with E-state index in [1.54, 1.807) is 12.1 Å². The summed E-state index contributed by atoms with van der Waals surface area (Å²) < 4.78 is 18.5. The molecule has 1 amide bonds. The standard InChI is InChI=1S/C19H24FN3O2/c1-13(2)5-10-17(24)23-11-3-4-15(12-23)19-21-18(22-25-19)14-6-8-16(20)9-7-14/h6-9,13,15H,3-5,10-12H2,1-2H3. The fraction of sp³-hybridized carbons (Fsp3) is 0.526. The van der Waals surface area contributed by atoms with Gasteiger partial charge in [0.25, 0.3) is 0 Å². The van der Waals surface area contributed by atoms with Crippen molar-refractivity contribution in [2.45, 2.75) is 45.4 Å². The van der Waals surface area contributed by atoms with Crippen LogP contribution in [-0.2, 0) is 4.79 Å². The van der Waals surface area contributed by atoms with E-state index in [9.17, 15) is 9.18 Å². The van der Waals surface area contributed by atoms with Crippen molar-refractivity contribution in [1.82, 2.24) is 15.0 Å². The maximum atomic E-state index is 13.0. The number of aromatic nitrogens is 2. The van der Waals surface area contributed by atoms with Crippen LogP contribution in [-0.4, -0.2) is 34.0 Å². The van der Waals surface area contributed by atoms with Crippen molar-refractivity contribution >= 4 is 5.91 Å². The quantitative estimate of drug-likeness (QED) is 0.821. The van der Waals surface area contributed by atoms with Gasteiger partial charge in [-0.25, -0.2) is 4.39 Å². The number of amides is 1. The maximum absolute atomic E-state index is 13.0. The van der Waals surface area contributed by atoms with Crippen molar-refractivity contribution < 1.29 is 13.7 Å². The summed E-state index contributed by atoms with van der Waals surface area (Å²) in [5, 5.41) is 4.01. The first kappa shape index (κ1) is 17.6. The average molecular weight is 345 g/mol. The summed E-state index contributed by atoms with van der Waals surface area (Å²) in [5.41, 5.74) is 0.720. The predicted octanol–water partition coefficient (Wildman–Crippen LogP) is 4.02.